The molecule has 0 saturated carbocycles. The van der Waals surface area contributed by atoms with E-state index in [4.69, 9.17) is 9.72 Å². The molecular formula is C32H32N6O3S. The zero-order valence-electron chi connectivity index (χ0n) is 23.3. The van der Waals surface area contributed by atoms with Gasteiger partial charge < -0.3 is 19.1 Å². The Morgan fingerprint density at radius 1 is 0.881 bits per heavy atom. The van der Waals surface area contributed by atoms with Crippen molar-refractivity contribution in [3.05, 3.63) is 83.5 Å². The summed E-state index contributed by atoms with van der Waals surface area (Å²) in [4.78, 5) is 44.9. The molecule has 42 heavy (non-hydrogen) atoms. The third-order valence-electron chi connectivity index (χ3n) is 8.27. The SMILES string of the molecule is O=C(c1cc(C(=O)N2CCCCC2)c2cc(OCc3nc4ccccc4s3)ccc2n1)N1CCC(n2ccnc2)CC1. The number of para-hydroxylation sites is 1. The highest BCUT2D eigenvalue weighted by Crippen LogP contribution is 2.29. The van der Waals surface area contributed by atoms with Gasteiger partial charge in [0.25, 0.3) is 11.8 Å². The van der Waals surface area contributed by atoms with E-state index in [1.165, 1.54) is 0 Å². The molecule has 10 heteroatoms. The molecule has 0 spiro atoms. The maximum atomic E-state index is 13.8. The molecule has 2 amide bonds. The van der Waals surface area contributed by atoms with Crippen LogP contribution in [-0.2, 0) is 6.61 Å². The number of nitrogens with zero attached hydrogens (tertiary/aromatic N) is 6. The number of fused-ring (bicyclic) bond motifs is 2. The van der Waals surface area contributed by atoms with E-state index in [0.717, 1.165) is 60.4 Å². The van der Waals surface area contributed by atoms with Gasteiger partial charge in [-0.05, 0) is 68.5 Å². The topological polar surface area (TPSA) is 93.5 Å². The van der Waals surface area contributed by atoms with Gasteiger partial charge in [-0.15, -0.1) is 11.3 Å². The molecule has 2 aliphatic heterocycles. The number of rotatable bonds is 6. The first-order valence-electron chi connectivity index (χ1n) is 14.6. The first-order chi connectivity index (χ1) is 20.6. The molecule has 0 unspecified atom stereocenters. The quantitative estimate of drug-likeness (QED) is 0.255. The number of amides is 2. The van der Waals surface area contributed by atoms with Crippen LogP contribution in [0.4, 0.5) is 0 Å². The summed E-state index contributed by atoms with van der Waals surface area (Å²) in [7, 11) is 0. The highest BCUT2D eigenvalue weighted by Gasteiger charge is 2.28. The molecule has 2 saturated heterocycles. The Bertz CT molecular complexity index is 1700. The molecule has 0 N–H and O–H groups in total. The third-order valence-corrected chi connectivity index (χ3v) is 9.28. The lowest BCUT2D eigenvalue weighted by Gasteiger charge is -2.32. The van der Waals surface area contributed by atoms with Gasteiger partial charge in [0.15, 0.2) is 0 Å². The van der Waals surface area contributed by atoms with Crippen LogP contribution in [0.3, 0.4) is 0 Å². The van der Waals surface area contributed by atoms with Gasteiger partial charge in [-0.25, -0.2) is 15.0 Å². The summed E-state index contributed by atoms with van der Waals surface area (Å²) in [6.07, 6.45) is 10.4. The largest absolute Gasteiger partial charge is 0.486 e. The molecule has 0 aliphatic carbocycles. The van der Waals surface area contributed by atoms with Crippen LogP contribution >= 0.6 is 11.3 Å². The minimum Gasteiger partial charge on any atom is -0.486 e. The van der Waals surface area contributed by atoms with Crippen LogP contribution < -0.4 is 4.74 Å². The first kappa shape index (κ1) is 26.6. The van der Waals surface area contributed by atoms with Crippen molar-refractivity contribution in [2.45, 2.75) is 44.8 Å². The number of piperidine rings is 2. The average molecular weight is 581 g/mol. The van der Waals surface area contributed by atoms with E-state index >= 15 is 0 Å². The molecule has 3 aromatic heterocycles. The number of imidazole rings is 1. The number of carbonyl (C=O) groups excluding carboxylic acids is 2. The van der Waals surface area contributed by atoms with Crippen molar-refractivity contribution in [3.8, 4) is 5.75 Å². The van der Waals surface area contributed by atoms with Crippen LogP contribution in [0.1, 0.15) is 64.0 Å². The second kappa shape index (κ2) is 11.5. The van der Waals surface area contributed by atoms with Crippen LogP contribution in [0.25, 0.3) is 21.1 Å². The zero-order valence-corrected chi connectivity index (χ0v) is 24.1. The molecule has 2 aliphatic rings. The fourth-order valence-corrected chi connectivity index (χ4v) is 6.87. The summed E-state index contributed by atoms with van der Waals surface area (Å²) >= 11 is 1.61. The van der Waals surface area contributed by atoms with E-state index in [1.54, 1.807) is 23.6 Å². The maximum absolute atomic E-state index is 13.8. The number of hydrogen-bond acceptors (Lipinski definition) is 7. The minimum atomic E-state index is -0.134. The van der Waals surface area contributed by atoms with Crippen molar-refractivity contribution in [2.24, 2.45) is 0 Å². The predicted octanol–water partition coefficient (Wildman–Crippen LogP) is 5.72. The van der Waals surface area contributed by atoms with Crippen molar-refractivity contribution in [1.82, 2.24) is 29.3 Å². The molecule has 0 bridgehead atoms. The third kappa shape index (κ3) is 5.34. The van der Waals surface area contributed by atoms with Crippen molar-refractivity contribution in [1.29, 1.82) is 0 Å². The van der Waals surface area contributed by atoms with E-state index in [2.05, 4.69) is 20.6 Å². The van der Waals surface area contributed by atoms with Gasteiger partial charge >= 0.3 is 0 Å². The second-order valence-electron chi connectivity index (χ2n) is 11.0. The molecule has 214 valence electrons. The summed E-state index contributed by atoms with van der Waals surface area (Å²) in [5.41, 5.74) is 2.39. The lowest BCUT2D eigenvalue weighted by Crippen LogP contribution is -2.39. The molecule has 0 radical (unpaired) electrons. The summed E-state index contributed by atoms with van der Waals surface area (Å²) in [5.74, 6) is 0.444. The lowest BCUT2D eigenvalue weighted by atomic mass is 10.0. The Hall–Kier alpha value is -4.31. The van der Waals surface area contributed by atoms with E-state index < -0.39 is 0 Å². The maximum Gasteiger partial charge on any atom is 0.272 e. The highest BCUT2D eigenvalue weighted by atomic mass is 32.1. The zero-order chi connectivity index (χ0) is 28.5. The van der Waals surface area contributed by atoms with E-state index in [9.17, 15) is 9.59 Å². The summed E-state index contributed by atoms with van der Waals surface area (Å²) in [5, 5.41) is 1.58. The van der Waals surface area contributed by atoms with Gasteiger partial charge in [0.1, 0.15) is 23.1 Å². The Labute approximate surface area is 247 Å². The minimum absolute atomic E-state index is 0.0571. The van der Waals surface area contributed by atoms with E-state index in [-0.39, 0.29) is 11.8 Å². The summed E-state index contributed by atoms with van der Waals surface area (Å²) in [6.45, 7) is 3.05. The van der Waals surface area contributed by atoms with Crippen molar-refractivity contribution in [2.75, 3.05) is 26.2 Å². The van der Waals surface area contributed by atoms with Gasteiger partial charge in [-0.3, -0.25) is 9.59 Å². The molecule has 9 nitrogen and oxygen atoms in total. The number of likely N-dealkylation sites (tertiary alicyclic amines) is 2. The molecule has 5 aromatic rings. The highest BCUT2D eigenvalue weighted by molar-refractivity contribution is 7.18. The molecule has 0 atom stereocenters. The van der Waals surface area contributed by atoms with Gasteiger partial charge in [0.05, 0.1) is 27.6 Å². The molecule has 2 aromatic carbocycles. The number of pyridine rings is 1. The molecule has 5 heterocycles. The van der Waals surface area contributed by atoms with Crippen LogP contribution in [0.2, 0.25) is 0 Å². The average Bonchev–Trinajstić information content (AvgIpc) is 3.74. The molecular weight excluding hydrogens is 548 g/mol. The van der Waals surface area contributed by atoms with Gasteiger partial charge in [-0.2, -0.15) is 0 Å². The normalized spacial score (nSPS) is 16.3. The fourth-order valence-electron chi connectivity index (χ4n) is 5.99. The van der Waals surface area contributed by atoms with E-state index in [0.29, 0.717) is 53.6 Å². The lowest BCUT2D eigenvalue weighted by molar-refractivity contribution is 0.0689. The fraction of sp³-hybridized carbons (Fsp3) is 0.344. The number of ether oxygens (including phenoxy) is 1. The van der Waals surface area contributed by atoms with Crippen LogP contribution in [0.15, 0.2) is 67.3 Å². The molecule has 2 fully saturated rings. The van der Waals surface area contributed by atoms with Crippen molar-refractivity contribution >= 4 is 44.3 Å². The van der Waals surface area contributed by atoms with Crippen molar-refractivity contribution in [3.63, 3.8) is 0 Å². The van der Waals surface area contributed by atoms with E-state index in [1.807, 2.05) is 58.7 Å². The monoisotopic (exact) mass is 580 g/mol. The number of thiazole rings is 1. The Morgan fingerprint density at radius 2 is 1.69 bits per heavy atom. The van der Waals surface area contributed by atoms with Crippen LogP contribution in [-0.4, -0.2) is 67.3 Å². The predicted molar refractivity (Wildman–Crippen MR) is 162 cm³/mol. The second-order valence-corrected chi connectivity index (χ2v) is 12.1. The smallest absolute Gasteiger partial charge is 0.272 e. The van der Waals surface area contributed by atoms with Gasteiger partial charge in [0.2, 0.25) is 0 Å². The standard InChI is InChI=1S/C32H32N6O3S/c39-31(36-13-4-1-5-14-36)25-19-28(32(40)37-15-10-22(11-16-37)38-17-12-33-21-38)34-26-9-8-23(18-24(25)26)41-20-30-35-27-6-2-3-7-29(27)42-30/h2-3,6-9,12,17-19,21-22H,1,4-5,10-11,13-16,20H2. The number of aromatic nitrogens is 4. The Balaban J connectivity index is 1.16. The Morgan fingerprint density at radius 3 is 2.48 bits per heavy atom. The number of benzene rings is 2. The van der Waals surface area contributed by atoms with Crippen LogP contribution in [0.5, 0.6) is 5.75 Å². The number of carbonyl (C=O) groups is 2. The summed E-state index contributed by atoms with van der Waals surface area (Å²) < 4.78 is 9.37. The van der Waals surface area contributed by atoms with Gasteiger partial charge in [0, 0.05) is 50.0 Å². The van der Waals surface area contributed by atoms with Gasteiger partial charge in [-0.1, -0.05) is 12.1 Å². The summed E-state index contributed by atoms with van der Waals surface area (Å²) in [6, 6.07) is 15.6. The Kier molecular flexibility index (Phi) is 7.29. The number of hydrogen-bond donors (Lipinski definition) is 0. The first-order valence-corrected chi connectivity index (χ1v) is 15.4. The van der Waals surface area contributed by atoms with Crippen molar-refractivity contribution < 1.29 is 14.3 Å². The van der Waals surface area contributed by atoms with Crippen LogP contribution in [0, 0.1) is 0 Å². The molecule has 7 rings (SSSR count).